The molecule has 0 saturated heterocycles. The zero-order valence-corrected chi connectivity index (χ0v) is 15.5. The van der Waals surface area contributed by atoms with Gasteiger partial charge in [0.1, 0.15) is 10.8 Å². The first-order chi connectivity index (χ1) is 13.1. The predicted octanol–water partition coefficient (Wildman–Crippen LogP) is 3.25. The maximum absolute atomic E-state index is 13.9. The van der Waals surface area contributed by atoms with Crippen LogP contribution in [0.5, 0.6) is 5.75 Å². The molecule has 27 heavy (non-hydrogen) atoms. The molecule has 1 atom stereocenters. The van der Waals surface area contributed by atoms with Crippen molar-refractivity contribution in [3.8, 4) is 17.4 Å². The average Bonchev–Trinajstić information content (AvgIpc) is 2.70. The van der Waals surface area contributed by atoms with Crippen molar-refractivity contribution in [3.63, 3.8) is 0 Å². The monoisotopic (exact) mass is 386 g/mol. The smallest absolute Gasteiger partial charge is 0.218 e. The maximum Gasteiger partial charge on any atom is 0.218 e. The summed E-state index contributed by atoms with van der Waals surface area (Å²) in [5.74, 6) is 0.928. The van der Waals surface area contributed by atoms with Gasteiger partial charge >= 0.3 is 0 Å². The van der Waals surface area contributed by atoms with Gasteiger partial charge in [0.2, 0.25) is 5.95 Å². The second kappa shape index (κ2) is 7.03. The fourth-order valence-corrected chi connectivity index (χ4v) is 3.46. The van der Waals surface area contributed by atoms with Crippen LogP contribution in [-0.2, 0) is 6.42 Å². The molecule has 4 heterocycles. The van der Waals surface area contributed by atoms with Crippen molar-refractivity contribution in [3.05, 3.63) is 53.0 Å². The Morgan fingerprint density at radius 3 is 2.70 bits per heavy atom. The van der Waals surface area contributed by atoms with Crippen LogP contribution in [0, 0.1) is 5.95 Å². The molecule has 3 aromatic rings. The molecule has 1 aliphatic rings. The van der Waals surface area contributed by atoms with E-state index < -0.39 is 5.95 Å². The fraction of sp³-hybridized carbons (Fsp3) is 0.278. The Labute approximate surface area is 160 Å². The first-order valence-electron chi connectivity index (χ1n) is 8.38. The van der Waals surface area contributed by atoms with E-state index in [1.54, 1.807) is 24.7 Å². The first-order valence-corrected chi connectivity index (χ1v) is 8.76. The van der Waals surface area contributed by atoms with Gasteiger partial charge in [-0.2, -0.15) is 4.39 Å². The second-order valence-electron chi connectivity index (χ2n) is 6.07. The quantitative estimate of drug-likeness (QED) is 0.639. The summed E-state index contributed by atoms with van der Waals surface area (Å²) in [5, 5.41) is 0.282. The number of ether oxygens (including phenoxy) is 1. The van der Waals surface area contributed by atoms with E-state index in [1.165, 1.54) is 13.2 Å². The molecule has 7 nitrogen and oxygen atoms in total. The molecule has 0 radical (unpaired) electrons. The lowest BCUT2D eigenvalue weighted by molar-refractivity contribution is 0.408. The Hall–Kier alpha value is -2.87. The van der Waals surface area contributed by atoms with Gasteiger partial charge in [-0.1, -0.05) is 11.6 Å². The van der Waals surface area contributed by atoms with Crippen LogP contribution < -0.4 is 9.64 Å². The second-order valence-corrected chi connectivity index (χ2v) is 6.45. The molecule has 3 aromatic heterocycles. The lowest BCUT2D eigenvalue weighted by Gasteiger charge is -2.36. The van der Waals surface area contributed by atoms with Crippen molar-refractivity contribution in [2.45, 2.75) is 19.4 Å². The van der Waals surface area contributed by atoms with Gasteiger partial charge in [0.25, 0.3) is 0 Å². The summed E-state index contributed by atoms with van der Waals surface area (Å²) < 4.78 is 19.0. The summed E-state index contributed by atoms with van der Waals surface area (Å²) in [5.41, 5.74) is 1.85. The van der Waals surface area contributed by atoms with Crippen molar-refractivity contribution in [1.82, 2.24) is 24.9 Å². The standard InChI is InChI=1S/C18H16ClFN6O/c1-10-11-9-23-17(16-21-5-3-6-22-16)24-12(11)4-7-26(10)18-15(19)13(27-2)8-14(20)25-18/h3,5-6,8-10H,4,7H2,1-2H3. The van der Waals surface area contributed by atoms with Crippen LogP contribution in [0.3, 0.4) is 0 Å². The van der Waals surface area contributed by atoms with Crippen LogP contribution in [0.2, 0.25) is 5.02 Å². The van der Waals surface area contributed by atoms with Crippen molar-refractivity contribution in [1.29, 1.82) is 0 Å². The number of methoxy groups -OCH3 is 1. The van der Waals surface area contributed by atoms with Crippen molar-refractivity contribution >= 4 is 17.4 Å². The molecule has 4 rings (SSSR count). The largest absolute Gasteiger partial charge is 0.495 e. The third-order valence-electron chi connectivity index (χ3n) is 4.54. The van der Waals surface area contributed by atoms with Gasteiger partial charge in [-0.3, -0.25) is 0 Å². The average molecular weight is 387 g/mol. The molecule has 0 saturated carbocycles. The van der Waals surface area contributed by atoms with Gasteiger partial charge in [0, 0.05) is 43.2 Å². The van der Waals surface area contributed by atoms with E-state index in [4.69, 9.17) is 16.3 Å². The predicted molar refractivity (Wildman–Crippen MR) is 98.3 cm³/mol. The summed E-state index contributed by atoms with van der Waals surface area (Å²) in [7, 11) is 1.44. The van der Waals surface area contributed by atoms with Gasteiger partial charge in [0.05, 0.1) is 18.8 Å². The normalized spacial score (nSPS) is 16.1. The highest BCUT2D eigenvalue weighted by Crippen LogP contribution is 2.39. The third kappa shape index (κ3) is 3.16. The molecule has 0 bridgehead atoms. The number of aromatic nitrogens is 5. The summed E-state index contributed by atoms with van der Waals surface area (Å²) in [6, 6.07) is 2.78. The maximum atomic E-state index is 13.9. The van der Waals surface area contributed by atoms with Crippen molar-refractivity contribution in [2.24, 2.45) is 0 Å². The van der Waals surface area contributed by atoms with E-state index in [-0.39, 0.29) is 16.8 Å². The molecule has 138 valence electrons. The van der Waals surface area contributed by atoms with Crippen LogP contribution >= 0.6 is 11.6 Å². The summed E-state index contributed by atoms with van der Waals surface area (Å²) >= 11 is 6.37. The van der Waals surface area contributed by atoms with Gasteiger partial charge in [-0.25, -0.2) is 24.9 Å². The Morgan fingerprint density at radius 1 is 1.19 bits per heavy atom. The summed E-state index contributed by atoms with van der Waals surface area (Å²) in [6.07, 6.45) is 5.70. The van der Waals surface area contributed by atoms with Gasteiger partial charge in [-0.15, -0.1) is 0 Å². The highest BCUT2D eigenvalue weighted by molar-refractivity contribution is 6.34. The van der Waals surface area contributed by atoms with Gasteiger partial charge in [0.15, 0.2) is 17.5 Å². The van der Waals surface area contributed by atoms with Gasteiger partial charge < -0.3 is 9.64 Å². The van der Waals surface area contributed by atoms with Crippen molar-refractivity contribution < 1.29 is 9.13 Å². The highest BCUT2D eigenvalue weighted by Gasteiger charge is 2.29. The number of halogens is 2. The topological polar surface area (TPSA) is 76.9 Å². The van der Waals surface area contributed by atoms with Gasteiger partial charge in [-0.05, 0) is 13.0 Å². The number of hydrogen-bond acceptors (Lipinski definition) is 7. The van der Waals surface area contributed by atoms with Crippen LogP contribution in [-0.4, -0.2) is 38.6 Å². The Kier molecular flexibility index (Phi) is 4.57. The molecule has 0 aromatic carbocycles. The molecular formula is C18H16ClFN6O. The summed E-state index contributed by atoms with van der Waals surface area (Å²) in [4.78, 5) is 23.3. The van der Waals surface area contributed by atoms with E-state index in [0.717, 1.165) is 11.3 Å². The molecule has 0 spiro atoms. The number of nitrogens with zero attached hydrogens (tertiary/aromatic N) is 6. The Morgan fingerprint density at radius 2 is 1.96 bits per heavy atom. The molecular weight excluding hydrogens is 371 g/mol. The molecule has 0 fully saturated rings. The third-order valence-corrected chi connectivity index (χ3v) is 4.90. The van der Waals surface area contributed by atoms with E-state index >= 15 is 0 Å². The Balaban J connectivity index is 1.70. The summed E-state index contributed by atoms with van der Waals surface area (Å²) in [6.45, 7) is 2.56. The fourth-order valence-electron chi connectivity index (χ4n) is 3.18. The Bertz CT molecular complexity index is 987. The first kappa shape index (κ1) is 17.5. The molecule has 1 aliphatic heterocycles. The number of hydrogen-bond donors (Lipinski definition) is 0. The van der Waals surface area contributed by atoms with Crippen LogP contribution in [0.4, 0.5) is 10.2 Å². The molecule has 0 N–H and O–H groups in total. The number of rotatable bonds is 3. The van der Waals surface area contributed by atoms with Crippen LogP contribution in [0.1, 0.15) is 24.2 Å². The van der Waals surface area contributed by atoms with Crippen LogP contribution in [0.25, 0.3) is 11.6 Å². The number of pyridine rings is 1. The van der Waals surface area contributed by atoms with E-state index in [9.17, 15) is 4.39 Å². The van der Waals surface area contributed by atoms with Crippen LogP contribution in [0.15, 0.2) is 30.7 Å². The molecule has 1 unspecified atom stereocenters. The van der Waals surface area contributed by atoms with Crippen molar-refractivity contribution in [2.75, 3.05) is 18.6 Å². The SMILES string of the molecule is COc1cc(F)nc(N2CCc3nc(-c4ncccn4)ncc3C2C)c1Cl. The van der Waals surface area contributed by atoms with E-state index in [1.807, 2.05) is 11.8 Å². The molecule has 9 heteroatoms. The minimum atomic E-state index is -0.642. The minimum absolute atomic E-state index is 0.129. The molecule has 0 amide bonds. The number of anilines is 1. The van der Waals surface area contributed by atoms with E-state index in [2.05, 4.69) is 24.9 Å². The molecule has 0 aliphatic carbocycles. The lowest BCUT2D eigenvalue weighted by Crippen LogP contribution is -2.35. The zero-order valence-electron chi connectivity index (χ0n) is 14.7. The lowest BCUT2D eigenvalue weighted by atomic mass is 9.99. The number of fused-ring (bicyclic) bond motifs is 1. The van der Waals surface area contributed by atoms with E-state index in [0.29, 0.717) is 30.4 Å². The zero-order chi connectivity index (χ0) is 19.0. The minimum Gasteiger partial charge on any atom is -0.495 e. The highest BCUT2D eigenvalue weighted by atomic mass is 35.5.